The highest BCUT2D eigenvalue weighted by molar-refractivity contribution is 7.91. The summed E-state index contributed by atoms with van der Waals surface area (Å²) in [5.41, 5.74) is 0. The molecular formula is C7H5ClF2O2S. The van der Waals surface area contributed by atoms with E-state index in [1.54, 1.807) is 0 Å². The molecule has 0 aromatic heterocycles. The molecule has 0 aliphatic carbocycles. The zero-order valence-corrected chi connectivity index (χ0v) is 7.82. The fourth-order valence-electron chi connectivity index (χ4n) is 0.747. The van der Waals surface area contributed by atoms with E-state index in [0.717, 1.165) is 12.1 Å². The Hall–Kier alpha value is -0.680. The molecule has 1 aromatic rings. The van der Waals surface area contributed by atoms with Crippen LogP contribution in [0.1, 0.15) is 0 Å². The number of halogens is 3. The SMILES string of the molecule is O=S(=O)(c1cccc(Cl)c1)C(F)F. The summed E-state index contributed by atoms with van der Waals surface area (Å²) >= 11 is 5.45. The van der Waals surface area contributed by atoms with Crippen LogP contribution < -0.4 is 0 Å². The van der Waals surface area contributed by atoms with E-state index >= 15 is 0 Å². The Morgan fingerprint density at radius 2 is 1.92 bits per heavy atom. The van der Waals surface area contributed by atoms with Crippen LogP contribution in [0.15, 0.2) is 29.2 Å². The van der Waals surface area contributed by atoms with E-state index in [-0.39, 0.29) is 5.02 Å². The van der Waals surface area contributed by atoms with Gasteiger partial charge in [0.2, 0.25) is 9.84 Å². The standard InChI is InChI=1S/C7H5ClF2O2S/c8-5-2-1-3-6(4-5)13(11,12)7(9)10/h1-4,7H. The largest absolute Gasteiger partial charge is 0.341 e. The maximum Gasteiger partial charge on any atom is 0.341 e. The molecule has 0 atom stereocenters. The third kappa shape index (κ3) is 2.16. The second-order valence-corrected chi connectivity index (χ2v) is 4.62. The highest BCUT2D eigenvalue weighted by atomic mass is 35.5. The topological polar surface area (TPSA) is 34.1 Å². The normalized spacial score (nSPS) is 12.0. The van der Waals surface area contributed by atoms with E-state index in [2.05, 4.69) is 0 Å². The van der Waals surface area contributed by atoms with Gasteiger partial charge in [0.1, 0.15) is 0 Å². The highest BCUT2D eigenvalue weighted by Gasteiger charge is 2.26. The Balaban J connectivity index is 3.24. The number of alkyl halides is 2. The average molecular weight is 227 g/mol. The van der Waals surface area contributed by atoms with Crippen LogP contribution in [-0.2, 0) is 9.84 Å². The summed E-state index contributed by atoms with van der Waals surface area (Å²) in [5.74, 6) is -3.41. The van der Waals surface area contributed by atoms with Crippen molar-refractivity contribution in [2.24, 2.45) is 0 Å². The van der Waals surface area contributed by atoms with Crippen LogP contribution in [-0.4, -0.2) is 14.2 Å². The van der Waals surface area contributed by atoms with Crippen molar-refractivity contribution < 1.29 is 17.2 Å². The second-order valence-electron chi connectivity index (χ2n) is 2.26. The summed E-state index contributed by atoms with van der Waals surface area (Å²) in [6.45, 7) is 0. The molecule has 0 N–H and O–H groups in total. The quantitative estimate of drug-likeness (QED) is 0.776. The fourth-order valence-corrected chi connectivity index (χ4v) is 1.77. The maximum absolute atomic E-state index is 12.0. The van der Waals surface area contributed by atoms with Gasteiger partial charge < -0.3 is 0 Å². The highest BCUT2D eigenvalue weighted by Crippen LogP contribution is 2.20. The lowest BCUT2D eigenvalue weighted by Gasteiger charge is -2.02. The lowest BCUT2D eigenvalue weighted by molar-refractivity contribution is 0.234. The smallest absolute Gasteiger partial charge is 0.218 e. The molecule has 13 heavy (non-hydrogen) atoms. The minimum absolute atomic E-state index is 0.113. The first-order chi connectivity index (χ1) is 5.94. The van der Waals surface area contributed by atoms with E-state index < -0.39 is 20.5 Å². The van der Waals surface area contributed by atoms with Gasteiger partial charge in [0.25, 0.3) is 0 Å². The van der Waals surface area contributed by atoms with Crippen molar-refractivity contribution in [3.63, 3.8) is 0 Å². The molecule has 0 unspecified atom stereocenters. The Kier molecular flexibility index (Phi) is 2.87. The molecule has 0 spiro atoms. The molecule has 0 radical (unpaired) electrons. The van der Waals surface area contributed by atoms with Crippen molar-refractivity contribution in [2.45, 2.75) is 10.7 Å². The molecule has 2 nitrogen and oxygen atoms in total. The van der Waals surface area contributed by atoms with Gasteiger partial charge in [0.05, 0.1) is 4.90 Å². The Labute approximate surface area is 79.1 Å². The molecule has 0 bridgehead atoms. The van der Waals surface area contributed by atoms with E-state index in [1.807, 2.05) is 0 Å². The second kappa shape index (κ2) is 3.59. The van der Waals surface area contributed by atoms with Gasteiger partial charge in [-0.3, -0.25) is 0 Å². The molecule has 0 saturated carbocycles. The predicted octanol–water partition coefficient (Wildman–Crippen LogP) is 2.34. The van der Waals surface area contributed by atoms with E-state index in [9.17, 15) is 17.2 Å². The number of hydrogen-bond donors (Lipinski definition) is 0. The molecule has 1 rings (SSSR count). The molecule has 72 valence electrons. The van der Waals surface area contributed by atoms with Crippen molar-refractivity contribution in [3.8, 4) is 0 Å². The van der Waals surface area contributed by atoms with Gasteiger partial charge in [-0.25, -0.2) is 8.42 Å². The fraction of sp³-hybridized carbons (Fsp3) is 0.143. The number of rotatable bonds is 2. The van der Waals surface area contributed by atoms with E-state index in [0.29, 0.717) is 0 Å². The third-order valence-electron chi connectivity index (χ3n) is 1.36. The molecule has 1 aromatic carbocycles. The zero-order chi connectivity index (χ0) is 10.1. The summed E-state index contributed by atoms with van der Waals surface area (Å²) in [5, 5.41) is 0.113. The summed E-state index contributed by atoms with van der Waals surface area (Å²) in [6.07, 6.45) is 0. The molecule has 0 aliphatic rings. The van der Waals surface area contributed by atoms with Gasteiger partial charge in [-0.2, -0.15) is 8.78 Å². The zero-order valence-electron chi connectivity index (χ0n) is 6.25. The first-order valence-corrected chi connectivity index (χ1v) is 5.14. The summed E-state index contributed by atoms with van der Waals surface area (Å²) in [6, 6.07) is 4.78. The lowest BCUT2D eigenvalue weighted by atomic mass is 10.4. The minimum atomic E-state index is -4.52. The van der Waals surface area contributed by atoms with Gasteiger partial charge in [-0.1, -0.05) is 17.7 Å². The summed E-state index contributed by atoms with van der Waals surface area (Å²) in [4.78, 5) is -0.463. The van der Waals surface area contributed by atoms with E-state index in [1.165, 1.54) is 12.1 Å². The van der Waals surface area contributed by atoms with Gasteiger partial charge in [0.15, 0.2) is 0 Å². The van der Waals surface area contributed by atoms with Crippen LogP contribution in [0, 0.1) is 0 Å². The lowest BCUT2D eigenvalue weighted by Crippen LogP contribution is -2.10. The van der Waals surface area contributed by atoms with Crippen LogP contribution >= 0.6 is 11.6 Å². The molecule has 0 saturated heterocycles. The Bertz CT molecular complexity index is 403. The molecular weight excluding hydrogens is 222 g/mol. The van der Waals surface area contributed by atoms with Crippen LogP contribution in [0.25, 0.3) is 0 Å². The van der Waals surface area contributed by atoms with Crippen molar-refractivity contribution in [1.82, 2.24) is 0 Å². The molecule has 0 fully saturated rings. The van der Waals surface area contributed by atoms with Crippen LogP contribution in [0.3, 0.4) is 0 Å². The van der Waals surface area contributed by atoms with Crippen LogP contribution in [0.5, 0.6) is 0 Å². The number of sulfone groups is 1. The Morgan fingerprint density at radius 1 is 1.31 bits per heavy atom. The summed E-state index contributed by atoms with van der Waals surface area (Å²) < 4.78 is 45.7. The monoisotopic (exact) mass is 226 g/mol. The van der Waals surface area contributed by atoms with Gasteiger partial charge >= 0.3 is 5.76 Å². The maximum atomic E-state index is 12.0. The first kappa shape index (κ1) is 10.4. The minimum Gasteiger partial charge on any atom is -0.218 e. The molecule has 0 aliphatic heterocycles. The van der Waals surface area contributed by atoms with Crippen LogP contribution in [0.4, 0.5) is 8.78 Å². The summed E-state index contributed by atoms with van der Waals surface area (Å²) in [7, 11) is -4.52. The third-order valence-corrected chi connectivity index (χ3v) is 2.97. The van der Waals surface area contributed by atoms with Crippen molar-refractivity contribution in [2.75, 3.05) is 0 Å². The number of hydrogen-bond acceptors (Lipinski definition) is 2. The van der Waals surface area contributed by atoms with Crippen molar-refractivity contribution in [1.29, 1.82) is 0 Å². The van der Waals surface area contributed by atoms with E-state index in [4.69, 9.17) is 11.6 Å². The van der Waals surface area contributed by atoms with Crippen molar-refractivity contribution in [3.05, 3.63) is 29.3 Å². The molecule has 0 heterocycles. The molecule has 0 amide bonds. The average Bonchev–Trinajstić information content (AvgIpc) is 2.04. The Morgan fingerprint density at radius 3 is 2.38 bits per heavy atom. The van der Waals surface area contributed by atoms with Crippen molar-refractivity contribution >= 4 is 21.4 Å². The van der Waals surface area contributed by atoms with Gasteiger partial charge in [-0.15, -0.1) is 0 Å². The van der Waals surface area contributed by atoms with Gasteiger partial charge in [0, 0.05) is 5.02 Å². The molecule has 6 heteroatoms. The number of benzene rings is 1. The predicted molar refractivity (Wildman–Crippen MR) is 44.6 cm³/mol. The first-order valence-electron chi connectivity index (χ1n) is 3.22. The van der Waals surface area contributed by atoms with Gasteiger partial charge in [-0.05, 0) is 18.2 Å². The van der Waals surface area contributed by atoms with Crippen LogP contribution in [0.2, 0.25) is 5.02 Å².